The van der Waals surface area contributed by atoms with Crippen LogP contribution in [0.15, 0.2) is 40.6 Å². The summed E-state index contributed by atoms with van der Waals surface area (Å²) in [5.74, 6) is -0.408. The molecule has 0 aliphatic rings. The number of ether oxygens (including phenoxy) is 1. The molecule has 7 heteroatoms. The molecule has 0 spiro atoms. The Morgan fingerprint density at radius 2 is 2.08 bits per heavy atom. The van der Waals surface area contributed by atoms with E-state index >= 15 is 0 Å². The third-order valence-corrected chi connectivity index (χ3v) is 4.69. The molecule has 3 rings (SSSR count). The lowest BCUT2D eigenvalue weighted by Gasteiger charge is -2.06. The van der Waals surface area contributed by atoms with Gasteiger partial charge in [-0.25, -0.2) is 14.6 Å². The van der Waals surface area contributed by atoms with Crippen LogP contribution in [-0.4, -0.2) is 20.5 Å². The van der Waals surface area contributed by atoms with Crippen molar-refractivity contribution in [2.45, 2.75) is 33.3 Å². The summed E-state index contributed by atoms with van der Waals surface area (Å²) < 4.78 is 6.86. The van der Waals surface area contributed by atoms with E-state index in [1.54, 1.807) is 46.4 Å². The first-order valence-corrected chi connectivity index (χ1v) is 8.94. The lowest BCUT2D eigenvalue weighted by molar-refractivity contribution is 0.0468. The van der Waals surface area contributed by atoms with E-state index < -0.39 is 5.97 Å². The highest BCUT2D eigenvalue weighted by Gasteiger charge is 2.11. The van der Waals surface area contributed by atoms with E-state index in [0.29, 0.717) is 11.3 Å². The molecule has 1 N–H and O–H groups in total. The fourth-order valence-corrected chi connectivity index (χ4v) is 3.37. The highest BCUT2D eigenvalue weighted by atomic mass is 32.1. The minimum atomic E-state index is -0.408. The first-order valence-electron chi connectivity index (χ1n) is 8.06. The Morgan fingerprint density at radius 1 is 1.32 bits per heavy atom. The van der Waals surface area contributed by atoms with Crippen LogP contribution in [0.3, 0.4) is 0 Å². The van der Waals surface area contributed by atoms with Gasteiger partial charge in [-0.3, -0.25) is 4.57 Å². The number of hydrogen-bond acceptors (Lipinski definition) is 5. The van der Waals surface area contributed by atoms with Crippen molar-refractivity contribution in [2.75, 3.05) is 0 Å². The summed E-state index contributed by atoms with van der Waals surface area (Å²) in [5, 5.41) is 2.98. The predicted octanol–water partition coefficient (Wildman–Crippen LogP) is 3.24. The van der Waals surface area contributed by atoms with Crippen LogP contribution in [0.5, 0.6) is 0 Å². The predicted molar refractivity (Wildman–Crippen MR) is 96.4 cm³/mol. The smallest absolute Gasteiger partial charge is 0.338 e. The molecule has 6 nitrogen and oxygen atoms in total. The maximum atomic E-state index is 12.2. The zero-order chi connectivity index (χ0) is 17.8. The Kier molecular flexibility index (Phi) is 5.14. The van der Waals surface area contributed by atoms with E-state index in [1.807, 2.05) is 12.3 Å². The summed E-state index contributed by atoms with van der Waals surface area (Å²) in [6.45, 7) is 4.10. The van der Waals surface area contributed by atoms with E-state index in [1.165, 1.54) is 0 Å². The minimum absolute atomic E-state index is 0.164. The van der Waals surface area contributed by atoms with Gasteiger partial charge in [0.25, 0.3) is 0 Å². The van der Waals surface area contributed by atoms with Crippen molar-refractivity contribution in [3.05, 3.63) is 68.3 Å². The van der Waals surface area contributed by atoms with Gasteiger partial charge in [-0.15, -0.1) is 11.3 Å². The lowest BCUT2D eigenvalue weighted by Crippen LogP contribution is -2.16. The number of esters is 1. The van der Waals surface area contributed by atoms with E-state index in [9.17, 15) is 9.59 Å². The molecule has 1 aromatic carbocycles. The molecule has 2 aromatic heterocycles. The maximum Gasteiger partial charge on any atom is 0.338 e. The first kappa shape index (κ1) is 17.2. The van der Waals surface area contributed by atoms with Crippen LogP contribution in [0.2, 0.25) is 0 Å². The van der Waals surface area contributed by atoms with Crippen LogP contribution in [-0.2, 0) is 17.8 Å². The molecule has 2 heterocycles. The van der Waals surface area contributed by atoms with Gasteiger partial charge in [-0.2, -0.15) is 0 Å². The van der Waals surface area contributed by atoms with Crippen LogP contribution < -0.4 is 5.69 Å². The van der Waals surface area contributed by atoms with Gasteiger partial charge in [0.2, 0.25) is 0 Å². The number of carbonyl (C=O) groups excluding carboxylic acids is 1. The van der Waals surface area contributed by atoms with Gasteiger partial charge in [-0.1, -0.05) is 6.92 Å². The molecule has 0 aliphatic heterocycles. The molecule has 0 saturated carbocycles. The van der Waals surface area contributed by atoms with E-state index in [-0.39, 0.29) is 12.3 Å². The zero-order valence-electron chi connectivity index (χ0n) is 14.1. The molecular formula is C18H19N3O3S. The molecule has 0 saturated heterocycles. The van der Waals surface area contributed by atoms with Gasteiger partial charge in [0, 0.05) is 17.3 Å². The second-order valence-electron chi connectivity index (χ2n) is 5.68. The number of nitrogens with zero attached hydrogens (tertiary/aromatic N) is 2. The number of hydrogen-bond donors (Lipinski definition) is 1. The van der Waals surface area contributed by atoms with Gasteiger partial charge < -0.3 is 9.72 Å². The van der Waals surface area contributed by atoms with Crippen LogP contribution in [0.1, 0.15) is 40.1 Å². The van der Waals surface area contributed by atoms with Crippen molar-refractivity contribution in [3.63, 3.8) is 0 Å². The number of aryl methyl sites for hydroxylation is 2. The molecule has 25 heavy (non-hydrogen) atoms. The van der Waals surface area contributed by atoms with Crippen molar-refractivity contribution < 1.29 is 9.53 Å². The maximum absolute atomic E-state index is 12.2. The average Bonchev–Trinajstić information content (AvgIpc) is 3.20. The van der Waals surface area contributed by atoms with Gasteiger partial charge >= 0.3 is 11.7 Å². The Balaban J connectivity index is 1.65. The third-order valence-electron chi connectivity index (χ3n) is 3.74. The largest absolute Gasteiger partial charge is 0.456 e. The summed E-state index contributed by atoms with van der Waals surface area (Å²) in [6.07, 6.45) is 3.63. The Bertz CT molecular complexity index is 922. The van der Waals surface area contributed by atoms with Crippen molar-refractivity contribution in [2.24, 2.45) is 0 Å². The SMILES string of the molecule is CCCc1nc(COC(=O)c2ccc(-n3c(C)c[nH]c3=O)cc2)cs1. The molecule has 0 radical (unpaired) electrons. The first-order chi connectivity index (χ1) is 12.1. The number of aromatic amines is 1. The zero-order valence-corrected chi connectivity index (χ0v) is 14.9. The van der Waals surface area contributed by atoms with Crippen molar-refractivity contribution in [3.8, 4) is 5.69 Å². The molecule has 130 valence electrons. The minimum Gasteiger partial charge on any atom is -0.456 e. The molecular weight excluding hydrogens is 338 g/mol. The Hall–Kier alpha value is -2.67. The van der Waals surface area contributed by atoms with E-state index in [0.717, 1.165) is 29.2 Å². The second kappa shape index (κ2) is 7.48. The Labute approximate surface area is 149 Å². The van der Waals surface area contributed by atoms with Crippen LogP contribution in [0, 0.1) is 6.92 Å². The number of carbonyl (C=O) groups is 1. The van der Waals surface area contributed by atoms with Gasteiger partial charge in [-0.05, 0) is 44.0 Å². The summed E-state index contributed by atoms with van der Waals surface area (Å²) in [5.41, 5.74) is 2.50. The fourth-order valence-electron chi connectivity index (χ4n) is 2.49. The lowest BCUT2D eigenvalue weighted by atomic mass is 10.2. The summed E-state index contributed by atoms with van der Waals surface area (Å²) in [7, 11) is 0. The molecule has 0 bridgehead atoms. The van der Waals surface area contributed by atoms with Gasteiger partial charge in [0.05, 0.1) is 22.0 Å². The fraction of sp³-hybridized carbons (Fsp3) is 0.278. The number of H-pyrrole nitrogens is 1. The quantitative estimate of drug-likeness (QED) is 0.687. The van der Waals surface area contributed by atoms with Gasteiger partial charge in [0.1, 0.15) is 6.61 Å². The van der Waals surface area contributed by atoms with Gasteiger partial charge in [0.15, 0.2) is 0 Å². The molecule has 3 aromatic rings. The van der Waals surface area contributed by atoms with Crippen LogP contribution in [0.25, 0.3) is 5.69 Å². The standard InChI is InChI=1S/C18H19N3O3S/c1-3-4-16-20-14(11-25-16)10-24-17(22)13-5-7-15(8-6-13)21-12(2)9-19-18(21)23/h5-9,11H,3-4,10H2,1-2H3,(H,19,23). The highest BCUT2D eigenvalue weighted by molar-refractivity contribution is 7.09. The Morgan fingerprint density at radius 3 is 2.72 bits per heavy atom. The topological polar surface area (TPSA) is 77.0 Å². The molecule has 0 fully saturated rings. The normalized spacial score (nSPS) is 10.8. The number of benzene rings is 1. The second-order valence-corrected chi connectivity index (χ2v) is 6.62. The summed E-state index contributed by atoms with van der Waals surface area (Å²) in [6, 6.07) is 6.75. The van der Waals surface area contributed by atoms with Crippen molar-refractivity contribution in [1.29, 1.82) is 0 Å². The average molecular weight is 357 g/mol. The summed E-state index contributed by atoms with van der Waals surface area (Å²) >= 11 is 1.59. The number of aromatic nitrogens is 3. The number of rotatable bonds is 6. The molecule has 0 aliphatic carbocycles. The highest BCUT2D eigenvalue weighted by Crippen LogP contribution is 2.14. The van der Waals surface area contributed by atoms with E-state index in [2.05, 4.69) is 16.9 Å². The van der Waals surface area contributed by atoms with Crippen molar-refractivity contribution >= 4 is 17.3 Å². The number of imidazole rings is 1. The summed E-state index contributed by atoms with van der Waals surface area (Å²) in [4.78, 5) is 31.0. The monoisotopic (exact) mass is 357 g/mol. The number of thiazole rings is 1. The molecule has 0 amide bonds. The van der Waals surface area contributed by atoms with Crippen LogP contribution in [0.4, 0.5) is 0 Å². The van der Waals surface area contributed by atoms with Crippen LogP contribution >= 0.6 is 11.3 Å². The number of nitrogens with one attached hydrogen (secondary N) is 1. The third kappa shape index (κ3) is 3.88. The van der Waals surface area contributed by atoms with E-state index in [4.69, 9.17) is 4.74 Å². The molecule has 0 unspecified atom stereocenters. The van der Waals surface area contributed by atoms with Crippen molar-refractivity contribution in [1.82, 2.24) is 14.5 Å². The molecule has 0 atom stereocenters.